The van der Waals surface area contributed by atoms with Crippen LogP contribution in [0.1, 0.15) is 11.1 Å². The van der Waals surface area contributed by atoms with E-state index in [0.29, 0.717) is 6.54 Å². The standard InChI is InChI=1S/C16H15F3N2O2/c1-11-4-2-5-12(8-11)10-20-15(22)21-13-6-3-7-14(9-13)23-16(17,18)19/h2-9H,10H2,1H3,(H2,20,21,22). The molecule has 0 aliphatic heterocycles. The van der Waals surface area contributed by atoms with Crippen molar-refractivity contribution in [2.45, 2.75) is 19.8 Å². The predicted molar refractivity (Wildman–Crippen MR) is 80.2 cm³/mol. The highest BCUT2D eigenvalue weighted by atomic mass is 19.4. The molecule has 2 N–H and O–H groups in total. The second kappa shape index (κ2) is 7.04. The summed E-state index contributed by atoms with van der Waals surface area (Å²) in [5.74, 6) is -0.394. The molecule has 0 unspecified atom stereocenters. The summed E-state index contributed by atoms with van der Waals surface area (Å²) in [4.78, 5) is 11.8. The van der Waals surface area contributed by atoms with E-state index < -0.39 is 18.1 Å². The Labute approximate surface area is 131 Å². The third kappa shape index (κ3) is 5.90. The SMILES string of the molecule is Cc1cccc(CNC(=O)Nc2cccc(OC(F)(F)F)c2)c1. The normalized spacial score (nSPS) is 11.0. The molecule has 122 valence electrons. The number of benzene rings is 2. The van der Waals surface area contributed by atoms with E-state index in [-0.39, 0.29) is 5.69 Å². The number of hydrogen-bond donors (Lipinski definition) is 2. The molecule has 2 rings (SSSR count). The number of hydrogen-bond acceptors (Lipinski definition) is 2. The number of nitrogens with one attached hydrogen (secondary N) is 2. The van der Waals surface area contributed by atoms with Crippen molar-refractivity contribution >= 4 is 11.7 Å². The minimum Gasteiger partial charge on any atom is -0.406 e. The zero-order valence-electron chi connectivity index (χ0n) is 12.3. The number of aryl methyl sites for hydroxylation is 1. The smallest absolute Gasteiger partial charge is 0.406 e. The van der Waals surface area contributed by atoms with Gasteiger partial charge in [0.05, 0.1) is 0 Å². The predicted octanol–water partition coefficient (Wildman–Crippen LogP) is 4.22. The molecule has 0 aliphatic carbocycles. The monoisotopic (exact) mass is 324 g/mol. The Morgan fingerprint density at radius 2 is 1.87 bits per heavy atom. The fourth-order valence-corrected chi connectivity index (χ4v) is 1.95. The second-order valence-electron chi connectivity index (χ2n) is 4.87. The molecule has 2 aromatic carbocycles. The van der Waals surface area contributed by atoms with Gasteiger partial charge in [0, 0.05) is 18.3 Å². The van der Waals surface area contributed by atoms with E-state index in [9.17, 15) is 18.0 Å². The van der Waals surface area contributed by atoms with Gasteiger partial charge in [-0.05, 0) is 24.6 Å². The highest BCUT2D eigenvalue weighted by Gasteiger charge is 2.31. The minimum atomic E-state index is -4.77. The van der Waals surface area contributed by atoms with E-state index >= 15 is 0 Å². The van der Waals surface area contributed by atoms with Crippen molar-refractivity contribution in [2.75, 3.05) is 5.32 Å². The lowest BCUT2D eigenvalue weighted by atomic mass is 10.1. The number of anilines is 1. The van der Waals surface area contributed by atoms with E-state index in [1.54, 1.807) is 0 Å². The number of rotatable bonds is 4. The third-order valence-corrected chi connectivity index (χ3v) is 2.86. The average Bonchev–Trinajstić information content (AvgIpc) is 2.44. The van der Waals surface area contributed by atoms with Gasteiger partial charge in [-0.15, -0.1) is 13.2 Å². The van der Waals surface area contributed by atoms with Crippen LogP contribution in [0.4, 0.5) is 23.7 Å². The molecule has 0 heterocycles. The van der Waals surface area contributed by atoms with Crippen molar-refractivity contribution in [3.63, 3.8) is 0 Å². The first-order valence-electron chi connectivity index (χ1n) is 6.78. The Morgan fingerprint density at radius 3 is 2.57 bits per heavy atom. The number of urea groups is 1. The van der Waals surface area contributed by atoms with Gasteiger partial charge in [0.1, 0.15) is 5.75 Å². The van der Waals surface area contributed by atoms with Crippen LogP contribution in [-0.4, -0.2) is 12.4 Å². The molecule has 2 aromatic rings. The average molecular weight is 324 g/mol. The first-order chi connectivity index (χ1) is 10.8. The van der Waals surface area contributed by atoms with E-state index in [4.69, 9.17) is 0 Å². The van der Waals surface area contributed by atoms with Gasteiger partial charge in [-0.1, -0.05) is 35.9 Å². The molecular weight excluding hydrogens is 309 g/mol. The summed E-state index contributed by atoms with van der Waals surface area (Å²) in [6, 6.07) is 12.2. The summed E-state index contributed by atoms with van der Waals surface area (Å²) in [5.41, 5.74) is 2.20. The van der Waals surface area contributed by atoms with Crippen LogP contribution in [0, 0.1) is 6.92 Å². The third-order valence-electron chi connectivity index (χ3n) is 2.86. The van der Waals surface area contributed by atoms with Gasteiger partial charge in [-0.25, -0.2) is 4.79 Å². The number of ether oxygens (including phenoxy) is 1. The largest absolute Gasteiger partial charge is 0.573 e. The van der Waals surface area contributed by atoms with Crippen LogP contribution in [0.5, 0.6) is 5.75 Å². The molecule has 0 aliphatic rings. The lowest BCUT2D eigenvalue weighted by Crippen LogP contribution is -2.28. The summed E-state index contributed by atoms with van der Waals surface area (Å²) in [7, 11) is 0. The Bertz CT molecular complexity index is 687. The highest BCUT2D eigenvalue weighted by molar-refractivity contribution is 5.89. The van der Waals surface area contributed by atoms with Gasteiger partial charge in [0.15, 0.2) is 0 Å². The maximum Gasteiger partial charge on any atom is 0.573 e. The molecule has 7 heteroatoms. The van der Waals surface area contributed by atoms with Crippen molar-refractivity contribution < 1.29 is 22.7 Å². The lowest BCUT2D eigenvalue weighted by Gasteiger charge is -2.11. The van der Waals surface area contributed by atoms with E-state index in [0.717, 1.165) is 23.3 Å². The fourth-order valence-electron chi connectivity index (χ4n) is 1.95. The van der Waals surface area contributed by atoms with Crippen molar-refractivity contribution in [3.8, 4) is 5.75 Å². The Morgan fingerprint density at radius 1 is 1.13 bits per heavy atom. The van der Waals surface area contributed by atoms with Crippen molar-refractivity contribution in [2.24, 2.45) is 0 Å². The van der Waals surface area contributed by atoms with E-state index in [1.807, 2.05) is 31.2 Å². The van der Waals surface area contributed by atoms with Gasteiger partial charge >= 0.3 is 12.4 Å². The summed E-state index contributed by atoms with van der Waals surface area (Å²) >= 11 is 0. The number of carbonyl (C=O) groups is 1. The first-order valence-corrected chi connectivity index (χ1v) is 6.78. The maximum atomic E-state index is 12.2. The number of alkyl halides is 3. The second-order valence-corrected chi connectivity index (χ2v) is 4.87. The van der Waals surface area contributed by atoms with Crippen LogP contribution in [0.15, 0.2) is 48.5 Å². The van der Waals surface area contributed by atoms with Crippen LogP contribution >= 0.6 is 0 Å². The molecule has 4 nitrogen and oxygen atoms in total. The van der Waals surface area contributed by atoms with Gasteiger partial charge < -0.3 is 15.4 Å². The quantitative estimate of drug-likeness (QED) is 0.885. The van der Waals surface area contributed by atoms with Crippen LogP contribution in [0.3, 0.4) is 0 Å². The summed E-state index contributed by atoms with van der Waals surface area (Å²) < 4.78 is 40.3. The number of halogens is 3. The van der Waals surface area contributed by atoms with Crippen molar-refractivity contribution in [3.05, 3.63) is 59.7 Å². The molecule has 23 heavy (non-hydrogen) atoms. The van der Waals surface area contributed by atoms with Crippen LogP contribution < -0.4 is 15.4 Å². The summed E-state index contributed by atoms with van der Waals surface area (Å²) in [5, 5.41) is 5.08. The van der Waals surface area contributed by atoms with Crippen LogP contribution in [0.25, 0.3) is 0 Å². The van der Waals surface area contributed by atoms with Crippen molar-refractivity contribution in [1.82, 2.24) is 5.32 Å². The molecule has 0 spiro atoms. The molecular formula is C16H15F3N2O2. The van der Waals surface area contributed by atoms with Gasteiger partial charge in [0.2, 0.25) is 0 Å². The van der Waals surface area contributed by atoms with E-state index in [1.165, 1.54) is 12.1 Å². The fraction of sp³-hybridized carbons (Fsp3) is 0.188. The topological polar surface area (TPSA) is 50.4 Å². The number of carbonyl (C=O) groups excluding carboxylic acids is 1. The summed E-state index contributed by atoms with van der Waals surface area (Å²) in [6.45, 7) is 2.25. The van der Waals surface area contributed by atoms with Crippen LogP contribution in [0.2, 0.25) is 0 Å². The van der Waals surface area contributed by atoms with E-state index in [2.05, 4.69) is 15.4 Å². The maximum absolute atomic E-state index is 12.2. The zero-order valence-corrected chi connectivity index (χ0v) is 12.3. The van der Waals surface area contributed by atoms with Gasteiger partial charge in [-0.3, -0.25) is 0 Å². The minimum absolute atomic E-state index is 0.202. The Kier molecular flexibility index (Phi) is 5.10. The number of amides is 2. The highest BCUT2D eigenvalue weighted by Crippen LogP contribution is 2.24. The molecule has 0 aromatic heterocycles. The Hall–Kier alpha value is -2.70. The molecule has 0 saturated heterocycles. The Balaban J connectivity index is 1.91. The summed E-state index contributed by atoms with van der Waals surface area (Å²) in [6.07, 6.45) is -4.77. The molecule has 0 atom stereocenters. The van der Waals surface area contributed by atoms with Crippen molar-refractivity contribution in [1.29, 1.82) is 0 Å². The molecule has 0 bridgehead atoms. The molecule has 0 fully saturated rings. The zero-order chi connectivity index (χ0) is 16.9. The van der Waals surface area contributed by atoms with Gasteiger partial charge in [0.25, 0.3) is 0 Å². The van der Waals surface area contributed by atoms with Crippen LogP contribution in [-0.2, 0) is 6.54 Å². The van der Waals surface area contributed by atoms with Gasteiger partial charge in [-0.2, -0.15) is 0 Å². The first kappa shape index (κ1) is 16.7. The lowest BCUT2D eigenvalue weighted by molar-refractivity contribution is -0.274. The molecule has 0 radical (unpaired) electrons. The molecule has 0 saturated carbocycles. The molecule has 2 amide bonds.